The predicted octanol–water partition coefficient (Wildman–Crippen LogP) is 3.36. The van der Waals surface area contributed by atoms with Gasteiger partial charge in [0.15, 0.2) is 0 Å². The number of hydrogen-bond donors (Lipinski definition) is 0. The van der Waals surface area contributed by atoms with Crippen molar-refractivity contribution in [3.8, 4) is 17.1 Å². The summed E-state index contributed by atoms with van der Waals surface area (Å²) in [6.45, 7) is 7.03. The molecule has 29 heavy (non-hydrogen) atoms. The number of ether oxygens (including phenoxy) is 1. The lowest BCUT2D eigenvalue weighted by Gasteiger charge is -2.31. The van der Waals surface area contributed by atoms with E-state index in [9.17, 15) is 4.79 Å². The Balaban J connectivity index is 1.29. The third-order valence-electron chi connectivity index (χ3n) is 5.88. The number of nitrogens with zero attached hydrogens (tertiary/aromatic N) is 4. The normalized spacial score (nSPS) is 18.3. The quantitative estimate of drug-likeness (QED) is 0.712. The van der Waals surface area contributed by atoms with E-state index in [0.717, 1.165) is 63.2 Å². The van der Waals surface area contributed by atoms with Crippen molar-refractivity contribution in [1.29, 1.82) is 0 Å². The van der Waals surface area contributed by atoms with E-state index < -0.39 is 0 Å². The molecule has 0 N–H and O–H groups in total. The highest BCUT2D eigenvalue weighted by Gasteiger charge is 2.26. The molecule has 0 spiro atoms. The molecule has 1 aromatic carbocycles. The first-order chi connectivity index (χ1) is 14.2. The minimum absolute atomic E-state index is 0.343. The monoisotopic (exact) mass is 398 g/mol. The van der Waals surface area contributed by atoms with E-state index in [1.54, 1.807) is 0 Å². The standard InChI is InChI=1S/C22H30N4O3/c1-2-28-19-8-4-3-7-18(19)22-23-20(29-24-22)16-25-13-9-17(10-14-25)15-21(27)26-11-5-6-12-26/h3-4,7-8,17H,2,5-6,9-16H2,1H3. The summed E-state index contributed by atoms with van der Waals surface area (Å²) in [5.41, 5.74) is 0.850. The highest BCUT2D eigenvalue weighted by atomic mass is 16.5. The second-order valence-corrected chi connectivity index (χ2v) is 7.95. The molecule has 2 aliphatic rings. The lowest BCUT2D eigenvalue weighted by molar-refractivity contribution is -0.131. The van der Waals surface area contributed by atoms with E-state index in [1.807, 2.05) is 36.1 Å². The zero-order chi connectivity index (χ0) is 20.1. The topological polar surface area (TPSA) is 71.7 Å². The second-order valence-electron chi connectivity index (χ2n) is 7.95. The zero-order valence-electron chi connectivity index (χ0n) is 17.2. The molecule has 0 unspecified atom stereocenters. The largest absolute Gasteiger partial charge is 0.493 e. The molecule has 0 atom stereocenters. The molecule has 2 fully saturated rings. The van der Waals surface area contributed by atoms with Gasteiger partial charge in [0, 0.05) is 19.5 Å². The second kappa shape index (κ2) is 9.39. The Kier molecular flexibility index (Phi) is 6.44. The summed E-state index contributed by atoms with van der Waals surface area (Å²) in [5, 5.41) is 4.15. The van der Waals surface area contributed by atoms with E-state index in [2.05, 4.69) is 15.0 Å². The van der Waals surface area contributed by atoms with Gasteiger partial charge in [0.2, 0.25) is 17.6 Å². The average molecular weight is 399 g/mol. The van der Waals surface area contributed by atoms with Gasteiger partial charge in [-0.25, -0.2) is 0 Å². The Labute approximate surface area is 172 Å². The molecule has 0 saturated carbocycles. The highest BCUT2D eigenvalue weighted by molar-refractivity contribution is 5.76. The van der Waals surface area contributed by atoms with E-state index in [0.29, 0.717) is 43.1 Å². The molecule has 0 radical (unpaired) electrons. The molecule has 156 valence electrons. The van der Waals surface area contributed by atoms with Gasteiger partial charge < -0.3 is 14.2 Å². The Bertz CT molecular complexity index is 808. The van der Waals surface area contributed by atoms with E-state index in [4.69, 9.17) is 9.26 Å². The van der Waals surface area contributed by atoms with Crippen LogP contribution in [0.4, 0.5) is 0 Å². The summed E-state index contributed by atoms with van der Waals surface area (Å²) < 4.78 is 11.2. The molecule has 2 aromatic rings. The summed E-state index contributed by atoms with van der Waals surface area (Å²) in [7, 11) is 0. The number of amides is 1. The lowest BCUT2D eigenvalue weighted by atomic mass is 9.93. The van der Waals surface area contributed by atoms with Crippen molar-refractivity contribution in [2.45, 2.75) is 45.6 Å². The van der Waals surface area contributed by atoms with Crippen molar-refractivity contribution in [3.63, 3.8) is 0 Å². The van der Waals surface area contributed by atoms with Crippen molar-refractivity contribution >= 4 is 5.91 Å². The summed E-state index contributed by atoms with van der Waals surface area (Å²) in [6.07, 6.45) is 5.12. The van der Waals surface area contributed by atoms with Gasteiger partial charge in [0.05, 0.1) is 18.7 Å². The Morgan fingerprint density at radius 2 is 1.93 bits per heavy atom. The van der Waals surface area contributed by atoms with E-state index in [-0.39, 0.29) is 0 Å². The van der Waals surface area contributed by atoms with Crippen LogP contribution in [0.1, 0.15) is 44.9 Å². The van der Waals surface area contributed by atoms with Gasteiger partial charge in [0.1, 0.15) is 5.75 Å². The molecule has 1 amide bonds. The molecule has 3 heterocycles. The Hall–Kier alpha value is -2.41. The first kappa shape index (κ1) is 19.9. The van der Waals surface area contributed by atoms with Crippen LogP contribution in [0.3, 0.4) is 0 Å². The van der Waals surface area contributed by atoms with Crippen LogP contribution < -0.4 is 4.74 Å². The van der Waals surface area contributed by atoms with Crippen LogP contribution in [-0.2, 0) is 11.3 Å². The van der Waals surface area contributed by atoms with Crippen LogP contribution in [0.25, 0.3) is 11.4 Å². The minimum atomic E-state index is 0.343. The molecule has 2 aliphatic heterocycles. The van der Waals surface area contributed by atoms with Gasteiger partial charge in [-0.3, -0.25) is 9.69 Å². The van der Waals surface area contributed by atoms with Crippen LogP contribution in [0.15, 0.2) is 28.8 Å². The van der Waals surface area contributed by atoms with Crippen molar-refractivity contribution in [1.82, 2.24) is 19.9 Å². The Morgan fingerprint density at radius 1 is 1.17 bits per heavy atom. The number of piperidine rings is 1. The molecule has 1 aromatic heterocycles. The third kappa shape index (κ3) is 4.96. The van der Waals surface area contributed by atoms with Crippen LogP contribution in [0.5, 0.6) is 5.75 Å². The first-order valence-electron chi connectivity index (χ1n) is 10.8. The number of hydrogen-bond acceptors (Lipinski definition) is 6. The third-order valence-corrected chi connectivity index (χ3v) is 5.88. The fourth-order valence-electron chi connectivity index (χ4n) is 4.24. The number of carbonyl (C=O) groups is 1. The van der Waals surface area contributed by atoms with Crippen molar-refractivity contribution in [2.75, 3.05) is 32.8 Å². The smallest absolute Gasteiger partial charge is 0.241 e. The fourth-order valence-corrected chi connectivity index (χ4v) is 4.24. The predicted molar refractivity (Wildman–Crippen MR) is 109 cm³/mol. The van der Waals surface area contributed by atoms with E-state index in [1.165, 1.54) is 0 Å². The van der Waals surface area contributed by atoms with Gasteiger partial charge in [-0.1, -0.05) is 17.3 Å². The SMILES string of the molecule is CCOc1ccccc1-c1noc(CN2CCC(CC(=O)N3CCCC3)CC2)n1. The summed E-state index contributed by atoms with van der Waals surface area (Å²) in [4.78, 5) is 21.3. The zero-order valence-corrected chi connectivity index (χ0v) is 17.2. The maximum Gasteiger partial charge on any atom is 0.241 e. The fraction of sp³-hybridized carbons (Fsp3) is 0.591. The number of aromatic nitrogens is 2. The number of likely N-dealkylation sites (tertiary alicyclic amines) is 2. The number of para-hydroxylation sites is 1. The molecular formula is C22H30N4O3. The highest BCUT2D eigenvalue weighted by Crippen LogP contribution is 2.28. The lowest BCUT2D eigenvalue weighted by Crippen LogP contribution is -2.36. The number of benzene rings is 1. The summed E-state index contributed by atoms with van der Waals surface area (Å²) >= 11 is 0. The molecule has 7 heteroatoms. The molecule has 4 rings (SSSR count). The van der Waals surface area contributed by atoms with Crippen LogP contribution in [0, 0.1) is 5.92 Å². The number of carbonyl (C=O) groups excluding carboxylic acids is 1. The van der Waals surface area contributed by atoms with Gasteiger partial charge in [0.25, 0.3) is 0 Å². The van der Waals surface area contributed by atoms with Crippen molar-refractivity contribution in [3.05, 3.63) is 30.2 Å². The maximum absolute atomic E-state index is 12.4. The first-order valence-corrected chi connectivity index (χ1v) is 10.8. The van der Waals surface area contributed by atoms with Crippen molar-refractivity contribution < 1.29 is 14.1 Å². The van der Waals surface area contributed by atoms with E-state index >= 15 is 0 Å². The van der Waals surface area contributed by atoms with Crippen LogP contribution >= 0.6 is 0 Å². The van der Waals surface area contributed by atoms with Gasteiger partial charge in [-0.2, -0.15) is 4.98 Å². The van der Waals surface area contributed by atoms with Gasteiger partial charge >= 0.3 is 0 Å². The van der Waals surface area contributed by atoms with Crippen molar-refractivity contribution in [2.24, 2.45) is 5.92 Å². The molecule has 7 nitrogen and oxygen atoms in total. The van der Waals surface area contributed by atoms with Crippen LogP contribution in [0.2, 0.25) is 0 Å². The maximum atomic E-state index is 12.4. The summed E-state index contributed by atoms with van der Waals surface area (Å²) in [5.74, 6) is 2.80. The average Bonchev–Trinajstić information content (AvgIpc) is 3.43. The molecular weight excluding hydrogens is 368 g/mol. The molecule has 0 bridgehead atoms. The molecule has 2 saturated heterocycles. The van der Waals surface area contributed by atoms with Gasteiger partial charge in [-0.05, 0) is 63.7 Å². The summed E-state index contributed by atoms with van der Waals surface area (Å²) in [6, 6.07) is 7.75. The minimum Gasteiger partial charge on any atom is -0.493 e. The van der Waals surface area contributed by atoms with Gasteiger partial charge in [-0.15, -0.1) is 0 Å². The van der Waals surface area contributed by atoms with Crippen LogP contribution in [-0.4, -0.2) is 58.6 Å². The number of rotatable bonds is 7. The Morgan fingerprint density at radius 3 is 2.69 bits per heavy atom. The molecule has 0 aliphatic carbocycles.